The molecule has 0 amide bonds. The summed E-state index contributed by atoms with van der Waals surface area (Å²) in [6, 6.07) is 56.0. The molecule has 4 nitrogen and oxygen atoms in total. The van der Waals surface area contributed by atoms with Crippen LogP contribution in [0.5, 0.6) is 0 Å². The Morgan fingerprint density at radius 2 is 1.34 bits per heavy atom. The van der Waals surface area contributed by atoms with Crippen molar-refractivity contribution in [1.29, 1.82) is 0 Å². The quantitative estimate of drug-likeness (QED) is 0.113. The molecular formula is C59H55IrN3OSi-2. The second-order valence-corrected chi connectivity index (χ2v) is 22.8. The van der Waals surface area contributed by atoms with Crippen LogP contribution in [0.1, 0.15) is 72.7 Å². The summed E-state index contributed by atoms with van der Waals surface area (Å²) in [6.45, 7) is 10.4. The number of hydrogen-bond acceptors (Lipinski definition) is 3. The Bertz CT molecular complexity index is 3490. The van der Waals surface area contributed by atoms with Gasteiger partial charge in [-0.1, -0.05) is 161 Å². The summed E-state index contributed by atoms with van der Waals surface area (Å²) in [7, 11) is -1.40. The fraction of sp³-hybridized carbons (Fsp3) is 0.186. The topological polar surface area (TPSA) is 43.9 Å². The van der Waals surface area contributed by atoms with E-state index in [-0.39, 0.29) is 31.2 Å². The van der Waals surface area contributed by atoms with Gasteiger partial charge in [0.15, 0.2) is 0 Å². The largest absolute Gasteiger partial charge is 0.501 e. The summed E-state index contributed by atoms with van der Waals surface area (Å²) in [5.74, 6) is -1.33. The Morgan fingerprint density at radius 1 is 0.662 bits per heavy atom. The summed E-state index contributed by atoms with van der Waals surface area (Å²) < 4.78 is 71.5. The van der Waals surface area contributed by atoms with E-state index in [0.717, 1.165) is 72.0 Å². The molecular weight excluding hydrogens is 987 g/mol. The normalized spacial score (nSPS) is 14.1. The SMILES string of the molecule is [2H]C(C)(C)c1cc(-c2ccccc2)cc(C([2H])(C)C)c1-n1c(-c2[c-]ccc3c2oc2cc(-c4ccc([Si](C)(C)C)cc4)ccc23)nc2ccccc21.[2H]C([2H])([2H])c1c[c-]c(-c2ccc(C([2H])([2H])[2H])cn2)cc1.[Ir]. The van der Waals surface area contributed by atoms with E-state index < -0.39 is 33.6 Å². The minimum absolute atomic E-state index is 0. The molecule has 7 aromatic carbocycles. The molecule has 10 rings (SSSR count). The molecule has 0 saturated heterocycles. The van der Waals surface area contributed by atoms with Crippen LogP contribution in [0.25, 0.3) is 83.6 Å². The van der Waals surface area contributed by atoms with Crippen LogP contribution in [0.3, 0.4) is 0 Å². The zero-order valence-electron chi connectivity index (χ0n) is 45.6. The van der Waals surface area contributed by atoms with Crippen LogP contribution >= 0.6 is 0 Å². The Balaban J connectivity index is 0.000000285. The van der Waals surface area contributed by atoms with Gasteiger partial charge in [-0.05, 0) is 93.6 Å². The molecule has 0 aliphatic heterocycles. The summed E-state index contributed by atoms with van der Waals surface area (Å²) in [5, 5.41) is 3.46. The van der Waals surface area contributed by atoms with Crippen molar-refractivity contribution in [1.82, 2.24) is 14.5 Å². The van der Waals surface area contributed by atoms with Crippen molar-refractivity contribution in [2.75, 3.05) is 0 Å². The molecule has 3 aromatic heterocycles. The van der Waals surface area contributed by atoms with Crippen molar-refractivity contribution < 1.29 is 35.5 Å². The van der Waals surface area contributed by atoms with E-state index in [2.05, 4.69) is 120 Å². The molecule has 1 radical (unpaired) electrons. The fourth-order valence-electron chi connectivity index (χ4n) is 8.24. The van der Waals surface area contributed by atoms with E-state index in [1.54, 1.807) is 12.1 Å². The Hall–Kier alpha value is -6.17. The summed E-state index contributed by atoms with van der Waals surface area (Å²) in [4.78, 5) is 9.33. The van der Waals surface area contributed by atoms with Gasteiger partial charge >= 0.3 is 0 Å². The number of rotatable bonds is 8. The Kier molecular flexibility index (Phi) is 10.4. The standard InChI is InChI=1S/C46H43N2OSi.C13H12N.Ir/c1-29(2)39-26-34(31-14-9-8-10-15-31)27-40(30(3)4)44(39)48-42-19-12-11-18-41(42)47-46(48)38-17-13-16-37-36-25-22-33(28-43(36)49-45(37)38)32-20-23-35(24-21-32)50(5,6)7;1-10-3-6-12(7-4-10)13-8-5-11(2)9-14-13;/h8-16,18-30H,1-7H3;3-6,8-9H,1-2H3;/q2*-1;/i29D,30D;1D3,2D3;. The van der Waals surface area contributed by atoms with Crippen LogP contribution in [0.2, 0.25) is 19.6 Å². The van der Waals surface area contributed by atoms with Crippen LogP contribution in [0, 0.1) is 25.8 Å². The van der Waals surface area contributed by atoms with Crippen LogP contribution in [0.4, 0.5) is 0 Å². The van der Waals surface area contributed by atoms with Gasteiger partial charge < -0.3 is 14.0 Å². The van der Waals surface area contributed by atoms with Gasteiger partial charge in [-0.25, -0.2) is 0 Å². The first-order valence-electron chi connectivity index (χ1n) is 25.6. The molecule has 10 aromatic rings. The number of pyridine rings is 1. The number of aryl methyl sites for hydroxylation is 2. The molecule has 65 heavy (non-hydrogen) atoms. The average molecular weight is 1050 g/mol. The van der Waals surface area contributed by atoms with Crippen LogP contribution < -0.4 is 5.19 Å². The predicted octanol–water partition coefficient (Wildman–Crippen LogP) is 15.7. The van der Waals surface area contributed by atoms with Crippen molar-refractivity contribution in [2.45, 2.75) is 72.8 Å². The van der Waals surface area contributed by atoms with Crippen molar-refractivity contribution >= 4 is 46.2 Å². The maximum Gasteiger partial charge on any atom is 0.121 e. The number of hydrogen-bond donors (Lipinski definition) is 0. The summed E-state index contributed by atoms with van der Waals surface area (Å²) in [6.07, 6.45) is 1.30. The third-order valence-electron chi connectivity index (χ3n) is 11.7. The molecule has 0 atom stereocenters. The number of furan rings is 1. The summed E-state index contributed by atoms with van der Waals surface area (Å²) in [5.41, 5.74) is 12.2. The number of aromatic nitrogens is 3. The monoisotopic (exact) mass is 1050 g/mol. The molecule has 6 heteroatoms. The molecule has 0 aliphatic carbocycles. The van der Waals surface area contributed by atoms with Gasteiger partial charge in [0.1, 0.15) is 5.58 Å². The second kappa shape index (κ2) is 18.7. The maximum atomic E-state index is 9.48. The zero-order valence-corrected chi connectivity index (χ0v) is 41.0. The van der Waals surface area contributed by atoms with Crippen molar-refractivity contribution in [2.24, 2.45) is 0 Å². The van der Waals surface area contributed by atoms with E-state index in [1.165, 1.54) is 29.6 Å². The molecule has 0 fully saturated rings. The zero-order chi connectivity index (χ0) is 51.5. The van der Waals surface area contributed by atoms with E-state index in [4.69, 9.17) is 17.6 Å². The molecule has 327 valence electrons. The van der Waals surface area contributed by atoms with E-state index in [0.29, 0.717) is 22.7 Å². The van der Waals surface area contributed by atoms with E-state index in [1.807, 2.05) is 70.2 Å². The first-order valence-corrected chi connectivity index (χ1v) is 25.1. The summed E-state index contributed by atoms with van der Waals surface area (Å²) >= 11 is 0. The molecule has 0 unspecified atom stereocenters. The average Bonchev–Trinajstić information content (AvgIpc) is 3.91. The van der Waals surface area contributed by atoms with Crippen molar-refractivity contribution in [3.63, 3.8) is 0 Å². The van der Waals surface area contributed by atoms with Gasteiger partial charge in [0.25, 0.3) is 0 Å². The third-order valence-corrected chi connectivity index (χ3v) is 13.7. The molecule has 0 bridgehead atoms. The first kappa shape index (κ1) is 36.1. The number of para-hydroxylation sites is 2. The van der Waals surface area contributed by atoms with Crippen molar-refractivity contribution in [3.05, 3.63) is 192 Å². The van der Waals surface area contributed by atoms with Gasteiger partial charge in [0.05, 0.1) is 30.5 Å². The minimum Gasteiger partial charge on any atom is -0.501 e. The van der Waals surface area contributed by atoms with Gasteiger partial charge in [0.2, 0.25) is 0 Å². The van der Waals surface area contributed by atoms with E-state index in [9.17, 15) is 2.74 Å². The number of imidazole rings is 1. The molecule has 0 aliphatic rings. The van der Waals surface area contributed by atoms with Crippen LogP contribution in [-0.2, 0) is 20.1 Å². The molecule has 0 saturated carbocycles. The Morgan fingerprint density at radius 3 is 1.98 bits per heavy atom. The first-order chi connectivity index (χ1) is 33.9. The van der Waals surface area contributed by atoms with Crippen LogP contribution in [-0.4, -0.2) is 22.6 Å². The minimum atomic E-state index is -2.18. The molecule has 0 spiro atoms. The van der Waals surface area contributed by atoms with Gasteiger partial charge in [0, 0.05) is 48.3 Å². The number of fused-ring (bicyclic) bond motifs is 4. The van der Waals surface area contributed by atoms with Gasteiger partial charge in [-0.3, -0.25) is 4.98 Å². The van der Waals surface area contributed by atoms with Gasteiger partial charge in [-0.2, -0.15) is 0 Å². The fourth-order valence-corrected chi connectivity index (χ4v) is 9.41. The number of benzene rings is 7. The van der Waals surface area contributed by atoms with E-state index >= 15 is 0 Å². The Labute approximate surface area is 410 Å². The van der Waals surface area contributed by atoms with Crippen LogP contribution in [0.15, 0.2) is 162 Å². The molecule has 3 heterocycles. The van der Waals surface area contributed by atoms with Crippen molar-refractivity contribution in [3.8, 4) is 50.6 Å². The smallest absolute Gasteiger partial charge is 0.121 e. The third kappa shape index (κ3) is 9.22. The maximum absolute atomic E-state index is 9.48. The second-order valence-electron chi connectivity index (χ2n) is 17.7. The van der Waals surface area contributed by atoms with Gasteiger partial charge in [-0.15, -0.1) is 53.6 Å². The molecule has 0 N–H and O–H groups in total. The predicted molar refractivity (Wildman–Crippen MR) is 273 cm³/mol. The number of nitrogens with zero attached hydrogens (tertiary/aromatic N) is 3.